The molecule has 0 aliphatic heterocycles. The Morgan fingerprint density at radius 1 is 0.328 bits per heavy atom. The summed E-state index contributed by atoms with van der Waals surface area (Å²) in [6.07, 6.45) is 0. The second kappa shape index (κ2) is 16.2. The topological polar surface area (TPSA) is 8.17 Å². The Bertz CT molecular complexity index is 3950. The summed E-state index contributed by atoms with van der Waals surface area (Å²) in [6, 6.07) is 93.1. The fraction of sp³-hybridized carbons (Fsp3) is 0. The summed E-state index contributed by atoms with van der Waals surface area (Å²) in [7, 11) is 0. The smallest absolute Gasteiger partial charge is 0.0555 e. The molecule has 13 aromatic rings. The van der Waals surface area contributed by atoms with Gasteiger partial charge in [0.1, 0.15) is 0 Å². The number of fused-ring (bicyclic) bond motifs is 7. The van der Waals surface area contributed by atoms with Crippen LogP contribution in [0, 0.1) is 0 Å². The lowest BCUT2D eigenvalue weighted by Gasteiger charge is -2.28. The van der Waals surface area contributed by atoms with E-state index in [0.717, 1.165) is 22.7 Å². The van der Waals surface area contributed by atoms with E-state index in [0.29, 0.717) is 0 Å². The SMILES string of the molecule is c1ccc(-c2ccc(N(c3ccc(-c4ccc(-c5cccc6ccccc56)cc4)cc3)c3cccc(-c4cccc5c4c4ccccc4n5-c4ccccc4)c3)c3c2sc2ccccc23)cc1. The van der Waals surface area contributed by atoms with Crippen LogP contribution in [0.15, 0.2) is 255 Å². The normalized spacial score (nSPS) is 11.6. The first-order valence-corrected chi connectivity index (χ1v) is 23.7. The Kier molecular flexibility index (Phi) is 9.40. The van der Waals surface area contributed by atoms with Gasteiger partial charge in [-0.3, -0.25) is 0 Å². The van der Waals surface area contributed by atoms with Crippen molar-refractivity contribution in [3.63, 3.8) is 0 Å². The third-order valence-corrected chi connectivity index (χ3v) is 14.6. The lowest BCUT2D eigenvalue weighted by atomic mass is 9.96. The first-order chi connectivity index (χ1) is 33.2. The quantitative estimate of drug-likeness (QED) is 0.148. The molecule has 0 amide bonds. The number of aromatic nitrogens is 1. The number of benzene rings is 11. The minimum atomic E-state index is 1.09. The first-order valence-electron chi connectivity index (χ1n) is 22.9. The van der Waals surface area contributed by atoms with E-state index in [1.165, 1.54) is 97.3 Å². The summed E-state index contributed by atoms with van der Waals surface area (Å²) in [6.45, 7) is 0. The Hall–Kier alpha value is -8.50. The third-order valence-electron chi connectivity index (χ3n) is 13.4. The molecular weight excluding hydrogens is 829 g/mol. The van der Waals surface area contributed by atoms with E-state index < -0.39 is 0 Å². The maximum absolute atomic E-state index is 2.47. The Balaban J connectivity index is 0.981. The molecule has 0 bridgehead atoms. The highest BCUT2D eigenvalue weighted by atomic mass is 32.1. The second-order valence-corrected chi connectivity index (χ2v) is 18.3. The number of thiophene rings is 1. The standard InChI is InChI=1S/C64H42N2S/c1-3-16-46(17-4-1)55-40-41-60(63-57-26-10-12-31-61(57)67-64(55)63)65(50-38-36-44(37-39-50)43-32-34-47(35-33-43)53-27-14-19-45-18-7-8-24-52(45)53)51-23-13-20-48(42-51)54-28-15-30-59-62(54)56-25-9-11-29-58(56)66(59)49-21-5-2-6-22-49/h1-42H. The lowest BCUT2D eigenvalue weighted by molar-refractivity contribution is 1.18. The van der Waals surface area contributed by atoms with Crippen LogP contribution < -0.4 is 4.90 Å². The first kappa shape index (κ1) is 38.9. The fourth-order valence-electron chi connectivity index (χ4n) is 10.3. The highest BCUT2D eigenvalue weighted by Crippen LogP contribution is 2.49. The Labute approximate surface area is 393 Å². The van der Waals surface area contributed by atoms with Crippen LogP contribution in [0.25, 0.3) is 103 Å². The van der Waals surface area contributed by atoms with E-state index >= 15 is 0 Å². The zero-order valence-corrected chi connectivity index (χ0v) is 37.4. The number of para-hydroxylation sites is 2. The van der Waals surface area contributed by atoms with Crippen molar-refractivity contribution < 1.29 is 0 Å². The van der Waals surface area contributed by atoms with Crippen molar-refractivity contribution in [2.45, 2.75) is 0 Å². The van der Waals surface area contributed by atoms with Crippen molar-refractivity contribution >= 4 is 81.1 Å². The van der Waals surface area contributed by atoms with Crippen LogP contribution in [0.1, 0.15) is 0 Å². The van der Waals surface area contributed by atoms with Crippen LogP contribution in [0.4, 0.5) is 17.1 Å². The molecule has 0 saturated heterocycles. The van der Waals surface area contributed by atoms with Crippen LogP contribution in [0.2, 0.25) is 0 Å². The maximum atomic E-state index is 2.47. The minimum absolute atomic E-state index is 1.09. The highest BCUT2D eigenvalue weighted by Gasteiger charge is 2.23. The lowest BCUT2D eigenvalue weighted by Crippen LogP contribution is -2.10. The van der Waals surface area contributed by atoms with Crippen molar-refractivity contribution in [2.24, 2.45) is 0 Å². The van der Waals surface area contributed by atoms with E-state index in [1.807, 2.05) is 11.3 Å². The summed E-state index contributed by atoms with van der Waals surface area (Å²) in [5.41, 5.74) is 16.5. The van der Waals surface area contributed by atoms with Crippen LogP contribution in [0.5, 0.6) is 0 Å². The molecule has 13 rings (SSSR count). The fourth-order valence-corrected chi connectivity index (χ4v) is 11.6. The molecule has 0 atom stereocenters. The van der Waals surface area contributed by atoms with E-state index in [-0.39, 0.29) is 0 Å². The van der Waals surface area contributed by atoms with E-state index in [1.54, 1.807) is 0 Å². The molecule has 2 aromatic heterocycles. The summed E-state index contributed by atoms with van der Waals surface area (Å²) >= 11 is 1.88. The predicted octanol–water partition coefficient (Wildman–Crippen LogP) is 18.4. The van der Waals surface area contributed by atoms with E-state index in [2.05, 4.69) is 264 Å². The molecule has 67 heavy (non-hydrogen) atoms. The number of anilines is 3. The average molecular weight is 871 g/mol. The number of nitrogens with zero attached hydrogens (tertiary/aromatic N) is 2. The highest BCUT2D eigenvalue weighted by molar-refractivity contribution is 7.26. The van der Waals surface area contributed by atoms with Crippen molar-refractivity contribution in [1.29, 1.82) is 0 Å². The van der Waals surface area contributed by atoms with Gasteiger partial charge >= 0.3 is 0 Å². The van der Waals surface area contributed by atoms with Gasteiger partial charge in [0.15, 0.2) is 0 Å². The van der Waals surface area contributed by atoms with Crippen molar-refractivity contribution in [3.8, 4) is 50.2 Å². The van der Waals surface area contributed by atoms with Crippen LogP contribution >= 0.6 is 11.3 Å². The molecule has 0 radical (unpaired) electrons. The summed E-state index contributed by atoms with van der Waals surface area (Å²) in [5, 5.41) is 7.53. The molecule has 0 saturated carbocycles. The van der Waals surface area contributed by atoms with Crippen LogP contribution in [-0.2, 0) is 0 Å². The molecule has 314 valence electrons. The molecule has 0 fully saturated rings. The third kappa shape index (κ3) is 6.63. The molecule has 11 aromatic carbocycles. The largest absolute Gasteiger partial charge is 0.310 e. The molecule has 2 nitrogen and oxygen atoms in total. The average Bonchev–Trinajstić information content (AvgIpc) is 3.96. The van der Waals surface area contributed by atoms with Crippen molar-refractivity contribution in [1.82, 2.24) is 4.57 Å². The van der Waals surface area contributed by atoms with Gasteiger partial charge in [0.2, 0.25) is 0 Å². The van der Waals surface area contributed by atoms with Gasteiger partial charge in [0, 0.05) is 48.0 Å². The monoisotopic (exact) mass is 870 g/mol. The molecule has 0 unspecified atom stereocenters. The zero-order chi connectivity index (χ0) is 44.3. The van der Waals surface area contributed by atoms with Gasteiger partial charge in [-0.05, 0) is 116 Å². The molecule has 0 aliphatic rings. The Morgan fingerprint density at radius 2 is 0.910 bits per heavy atom. The van der Waals surface area contributed by atoms with E-state index in [9.17, 15) is 0 Å². The van der Waals surface area contributed by atoms with Gasteiger partial charge in [-0.25, -0.2) is 0 Å². The molecule has 0 aliphatic carbocycles. The van der Waals surface area contributed by atoms with Gasteiger partial charge in [-0.1, -0.05) is 194 Å². The van der Waals surface area contributed by atoms with E-state index in [4.69, 9.17) is 0 Å². The zero-order valence-electron chi connectivity index (χ0n) is 36.6. The number of rotatable bonds is 8. The van der Waals surface area contributed by atoms with Gasteiger partial charge in [-0.15, -0.1) is 11.3 Å². The summed E-state index contributed by atoms with van der Waals surface area (Å²) < 4.78 is 4.96. The summed E-state index contributed by atoms with van der Waals surface area (Å²) in [4.78, 5) is 2.47. The number of hydrogen-bond donors (Lipinski definition) is 0. The number of hydrogen-bond acceptors (Lipinski definition) is 2. The van der Waals surface area contributed by atoms with Gasteiger partial charge in [-0.2, -0.15) is 0 Å². The predicted molar refractivity (Wildman–Crippen MR) is 288 cm³/mol. The van der Waals surface area contributed by atoms with Gasteiger partial charge < -0.3 is 9.47 Å². The summed E-state index contributed by atoms with van der Waals surface area (Å²) in [5.74, 6) is 0. The molecular formula is C64H42N2S. The molecule has 2 heterocycles. The minimum Gasteiger partial charge on any atom is -0.310 e. The van der Waals surface area contributed by atoms with Gasteiger partial charge in [0.05, 0.1) is 16.7 Å². The molecule has 3 heteroatoms. The van der Waals surface area contributed by atoms with Crippen LogP contribution in [0.3, 0.4) is 0 Å². The van der Waals surface area contributed by atoms with Crippen LogP contribution in [-0.4, -0.2) is 4.57 Å². The molecule has 0 N–H and O–H groups in total. The second-order valence-electron chi connectivity index (χ2n) is 17.2. The maximum Gasteiger partial charge on any atom is 0.0555 e. The Morgan fingerprint density at radius 3 is 1.73 bits per heavy atom. The van der Waals surface area contributed by atoms with Crippen molar-refractivity contribution in [3.05, 3.63) is 255 Å². The molecule has 0 spiro atoms. The van der Waals surface area contributed by atoms with Gasteiger partial charge in [0.25, 0.3) is 0 Å². The van der Waals surface area contributed by atoms with Crippen molar-refractivity contribution in [2.75, 3.05) is 4.90 Å².